The average molecular weight is 270 g/mol. The number of nitrogens with two attached hydrogens (primary N) is 1. The summed E-state index contributed by atoms with van der Waals surface area (Å²) in [5.41, 5.74) is 5.89. The molecule has 4 heteroatoms. The van der Waals surface area contributed by atoms with Gasteiger partial charge in [-0.15, -0.1) is 0 Å². The maximum atomic E-state index is 6.11. The minimum absolute atomic E-state index is 0.218. The Morgan fingerprint density at radius 1 is 1.16 bits per heavy atom. The molecule has 19 heavy (non-hydrogen) atoms. The molecular formula is C15H30N2O2. The lowest BCUT2D eigenvalue weighted by Gasteiger charge is -2.53. The van der Waals surface area contributed by atoms with E-state index in [2.05, 4.69) is 11.8 Å². The predicted octanol–water partition coefficient (Wildman–Crippen LogP) is 1.98. The lowest BCUT2D eigenvalue weighted by Crippen LogP contribution is -2.66. The first-order valence-corrected chi connectivity index (χ1v) is 7.69. The molecule has 1 aliphatic carbocycles. The first-order valence-electron chi connectivity index (χ1n) is 7.69. The van der Waals surface area contributed by atoms with Crippen LogP contribution in [-0.2, 0) is 9.47 Å². The highest BCUT2D eigenvalue weighted by atomic mass is 16.7. The molecule has 2 N–H and O–H groups in total. The third-order valence-corrected chi connectivity index (χ3v) is 5.25. The normalized spacial score (nSPS) is 32.1. The molecule has 3 atom stereocenters. The zero-order valence-corrected chi connectivity index (χ0v) is 12.7. The quantitative estimate of drug-likeness (QED) is 0.776. The molecule has 0 spiro atoms. The van der Waals surface area contributed by atoms with E-state index in [1.165, 1.54) is 38.5 Å². The highest BCUT2D eigenvalue weighted by Gasteiger charge is 2.46. The Kier molecular flexibility index (Phi) is 5.23. The Morgan fingerprint density at radius 3 is 2.42 bits per heavy atom. The lowest BCUT2D eigenvalue weighted by atomic mass is 9.76. The number of methoxy groups -OCH3 is 2. The third-order valence-electron chi connectivity index (χ3n) is 5.25. The van der Waals surface area contributed by atoms with E-state index in [-0.39, 0.29) is 11.8 Å². The summed E-state index contributed by atoms with van der Waals surface area (Å²) in [5.74, 6) is 0.850. The molecule has 3 unspecified atom stereocenters. The minimum Gasteiger partial charge on any atom is -0.354 e. The van der Waals surface area contributed by atoms with Crippen molar-refractivity contribution in [3.63, 3.8) is 0 Å². The minimum atomic E-state index is -0.252. The zero-order valence-electron chi connectivity index (χ0n) is 12.7. The fourth-order valence-electron chi connectivity index (χ4n) is 4.21. The highest BCUT2D eigenvalue weighted by molar-refractivity contribution is 4.99. The summed E-state index contributed by atoms with van der Waals surface area (Å²) in [5, 5.41) is 0. The maximum Gasteiger partial charge on any atom is 0.176 e. The predicted molar refractivity (Wildman–Crippen MR) is 77.0 cm³/mol. The number of fused-ring (bicyclic) bond motifs is 1. The van der Waals surface area contributed by atoms with Crippen LogP contribution in [-0.4, -0.2) is 50.1 Å². The van der Waals surface area contributed by atoms with Gasteiger partial charge in [0.25, 0.3) is 0 Å². The van der Waals surface area contributed by atoms with Crippen LogP contribution in [0.1, 0.15) is 45.4 Å². The molecule has 1 saturated heterocycles. The smallest absolute Gasteiger partial charge is 0.176 e. The number of rotatable bonds is 5. The van der Waals surface area contributed by atoms with Gasteiger partial charge in [0, 0.05) is 26.8 Å². The van der Waals surface area contributed by atoms with Crippen molar-refractivity contribution in [1.82, 2.24) is 4.90 Å². The second-order valence-electron chi connectivity index (χ2n) is 6.31. The monoisotopic (exact) mass is 270 g/mol. The summed E-state index contributed by atoms with van der Waals surface area (Å²) < 4.78 is 11.1. The van der Waals surface area contributed by atoms with Gasteiger partial charge < -0.3 is 15.2 Å². The van der Waals surface area contributed by atoms with E-state index < -0.39 is 0 Å². The summed E-state index contributed by atoms with van der Waals surface area (Å²) in [6.45, 7) is 3.89. The van der Waals surface area contributed by atoms with E-state index in [1.54, 1.807) is 14.2 Å². The molecular weight excluding hydrogens is 240 g/mol. The largest absolute Gasteiger partial charge is 0.354 e. The van der Waals surface area contributed by atoms with Crippen LogP contribution in [0.4, 0.5) is 0 Å². The molecule has 1 aliphatic heterocycles. The van der Waals surface area contributed by atoms with Crippen LogP contribution in [0.15, 0.2) is 0 Å². The van der Waals surface area contributed by atoms with Crippen molar-refractivity contribution < 1.29 is 9.47 Å². The molecule has 112 valence electrons. The molecule has 0 amide bonds. The highest BCUT2D eigenvalue weighted by Crippen LogP contribution is 2.39. The number of ether oxygens (including phenoxy) is 2. The molecule has 0 aromatic rings. The Bertz CT molecular complexity index is 281. The summed E-state index contributed by atoms with van der Waals surface area (Å²) in [6, 6.07) is 0.670. The first kappa shape index (κ1) is 15.2. The number of hydrogen-bond donors (Lipinski definition) is 1. The second kappa shape index (κ2) is 6.53. The van der Waals surface area contributed by atoms with E-state index in [4.69, 9.17) is 15.2 Å². The zero-order chi connectivity index (χ0) is 13.9. The third kappa shape index (κ3) is 2.82. The summed E-state index contributed by atoms with van der Waals surface area (Å²) >= 11 is 0. The van der Waals surface area contributed by atoms with Gasteiger partial charge in [-0.25, -0.2) is 0 Å². The molecule has 1 saturated carbocycles. The van der Waals surface area contributed by atoms with E-state index in [0.717, 1.165) is 12.5 Å². The van der Waals surface area contributed by atoms with E-state index >= 15 is 0 Å². The van der Waals surface area contributed by atoms with Gasteiger partial charge >= 0.3 is 0 Å². The fraction of sp³-hybridized carbons (Fsp3) is 1.00. The van der Waals surface area contributed by atoms with Crippen molar-refractivity contribution in [2.45, 2.75) is 63.3 Å². The fourth-order valence-corrected chi connectivity index (χ4v) is 4.21. The SMILES string of the molecule is COC(OC)C(C)(CN)N1CCCC2CCCCC21. The number of likely N-dealkylation sites (tertiary alicyclic amines) is 1. The Morgan fingerprint density at radius 2 is 1.79 bits per heavy atom. The Balaban J connectivity index is 2.20. The number of nitrogens with zero attached hydrogens (tertiary/aromatic N) is 1. The van der Waals surface area contributed by atoms with Gasteiger partial charge in [0.15, 0.2) is 6.29 Å². The molecule has 0 bridgehead atoms. The van der Waals surface area contributed by atoms with Crippen LogP contribution >= 0.6 is 0 Å². The van der Waals surface area contributed by atoms with Crippen molar-refractivity contribution >= 4 is 0 Å². The van der Waals surface area contributed by atoms with Gasteiger partial charge in [0.2, 0.25) is 0 Å². The molecule has 1 heterocycles. The lowest BCUT2D eigenvalue weighted by molar-refractivity contribution is -0.198. The van der Waals surface area contributed by atoms with Crippen LogP contribution in [0, 0.1) is 5.92 Å². The summed E-state index contributed by atoms with van der Waals surface area (Å²) in [4.78, 5) is 2.60. The molecule has 2 aliphatic rings. The van der Waals surface area contributed by atoms with Crippen LogP contribution in [0.2, 0.25) is 0 Å². The van der Waals surface area contributed by atoms with Gasteiger partial charge in [0.05, 0.1) is 5.54 Å². The molecule has 0 radical (unpaired) electrons. The van der Waals surface area contributed by atoms with Crippen molar-refractivity contribution in [1.29, 1.82) is 0 Å². The molecule has 0 aromatic carbocycles. The van der Waals surface area contributed by atoms with Crippen LogP contribution in [0.3, 0.4) is 0 Å². The molecule has 2 rings (SSSR count). The standard InChI is InChI=1S/C15H30N2O2/c1-15(11-16,14(18-2)19-3)17-10-6-8-12-7-4-5-9-13(12)17/h12-14H,4-11,16H2,1-3H3. The van der Waals surface area contributed by atoms with Gasteiger partial charge in [-0.1, -0.05) is 12.8 Å². The van der Waals surface area contributed by atoms with Gasteiger partial charge in [-0.05, 0) is 45.1 Å². The van der Waals surface area contributed by atoms with Gasteiger partial charge in [-0.3, -0.25) is 4.90 Å². The average Bonchev–Trinajstić information content (AvgIpc) is 2.47. The van der Waals surface area contributed by atoms with Crippen molar-refractivity contribution in [3.05, 3.63) is 0 Å². The maximum absolute atomic E-state index is 6.11. The van der Waals surface area contributed by atoms with Crippen LogP contribution in [0.25, 0.3) is 0 Å². The topological polar surface area (TPSA) is 47.7 Å². The van der Waals surface area contributed by atoms with Crippen molar-refractivity contribution in [3.8, 4) is 0 Å². The summed E-state index contributed by atoms with van der Waals surface area (Å²) in [6.07, 6.45) is 7.84. The Hall–Kier alpha value is -0.160. The van der Waals surface area contributed by atoms with Crippen molar-refractivity contribution in [2.75, 3.05) is 27.3 Å². The molecule has 2 fully saturated rings. The van der Waals surface area contributed by atoms with E-state index in [9.17, 15) is 0 Å². The van der Waals surface area contributed by atoms with E-state index in [0.29, 0.717) is 12.6 Å². The second-order valence-corrected chi connectivity index (χ2v) is 6.31. The van der Waals surface area contributed by atoms with E-state index in [1.807, 2.05) is 0 Å². The first-order chi connectivity index (χ1) is 9.17. The molecule has 4 nitrogen and oxygen atoms in total. The number of piperidine rings is 1. The summed E-state index contributed by atoms with van der Waals surface area (Å²) in [7, 11) is 3.43. The Labute approximate surface area is 117 Å². The number of hydrogen-bond acceptors (Lipinski definition) is 4. The van der Waals surface area contributed by atoms with Crippen molar-refractivity contribution in [2.24, 2.45) is 11.7 Å². The van der Waals surface area contributed by atoms with Gasteiger partial charge in [-0.2, -0.15) is 0 Å². The van der Waals surface area contributed by atoms with Gasteiger partial charge in [0.1, 0.15) is 0 Å². The van der Waals surface area contributed by atoms with Crippen LogP contribution < -0.4 is 5.73 Å². The van der Waals surface area contributed by atoms with Crippen LogP contribution in [0.5, 0.6) is 0 Å². The molecule has 0 aromatic heterocycles.